The van der Waals surface area contributed by atoms with Gasteiger partial charge in [-0.3, -0.25) is 4.79 Å². The average molecular weight is 294 g/mol. The Morgan fingerprint density at radius 3 is 2.95 bits per heavy atom. The molecule has 0 N–H and O–H groups in total. The van der Waals surface area contributed by atoms with Crippen LogP contribution in [0.1, 0.15) is 19.4 Å². The third-order valence-corrected chi connectivity index (χ3v) is 3.87. The molecule has 1 saturated heterocycles. The predicted molar refractivity (Wildman–Crippen MR) is 74.4 cm³/mol. The van der Waals surface area contributed by atoms with Gasteiger partial charge in [-0.05, 0) is 19.9 Å². The van der Waals surface area contributed by atoms with Gasteiger partial charge in [0.1, 0.15) is 6.10 Å². The number of alkyl halides is 1. The van der Waals surface area contributed by atoms with E-state index in [9.17, 15) is 4.79 Å². The van der Waals surface area contributed by atoms with Crippen molar-refractivity contribution in [1.82, 2.24) is 9.88 Å². The topological polar surface area (TPSA) is 66.2 Å². The van der Waals surface area contributed by atoms with Gasteiger partial charge in [0.15, 0.2) is 0 Å². The molecule has 0 unspecified atom stereocenters. The van der Waals surface area contributed by atoms with Gasteiger partial charge in [0.2, 0.25) is 11.8 Å². The zero-order valence-electron chi connectivity index (χ0n) is 11.5. The van der Waals surface area contributed by atoms with Crippen molar-refractivity contribution in [3.63, 3.8) is 0 Å². The highest BCUT2D eigenvalue weighted by molar-refractivity contribution is 6.19. The summed E-state index contributed by atoms with van der Waals surface area (Å²) in [5, 5.41) is 8.80. The van der Waals surface area contributed by atoms with Crippen molar-refractivity contribution >= 4 is 17.5 Å². The van der Waals surface area contributed by atoms with Crippen LogP contribution in [-0.4, -0.2) is 40.9 Å². The van der Waals surface area contributed by atoms with Crippen LogP contribution in [0.15, 0.2) is 18.3 Å². The molecule has 1 aromatic rings. The molecule has 0 saturated carbocycles. The highest BCUT2D eigenvalue weighted by atomic mass is 35.5. The lowest BCUT2D eigenvalue weighted by molar-refractivity contribution is -0.148. The summed E-state index contributed by atoms with van der Waals surface area (Å²) in [6, 6.07) is 5.24. The van der Waals surface area contributed by atoms with E-state index in [1.807, 2.05) is 19.9 Å². The molecule has 1 aromatic heterocycles. The molecule has 1 aliphatic heterocycles. The zero-order valence-corrected chi connectivity index (χ0v) is 12.2. The van der Waals surface area contributed by atoms with E-state index in [1.54, 1.807) is 17.0 Å². The molecule has 106 valence electrons. The van der Waals surface area contributed by atoms with Crippen molar-refractivity contribution in [3.05, 3.63) is 23.9 Å². The number of aromatic nitrogens is 1. The summed E-state index contributed by atoms with van der Waals surface area (Å²) in [5.41, 5.74) is -0.0450. The molecule has 0 radical (unpaired) electrons. The van der Waals surface area contributed by atoms with Gasteiger partial charge in [0, 0.05) is 18.1 Å². The lowest BCUT2D eigenvalue weighted by Crippen LogP contribution is -2.59. The first-order valence-electron chi connectivity index (χ1n) is 6.34. The maximum Gasteiger partial charge on any atom is 0.229 e. The van der Waals surface area contributed by atoms with Crippen molar-refractivity contribution in [3.8, 4) is 11.9 Å². The number of nitrogens with zero attached hydrogens (tertiary/aromatic N) is 3. The van der Waals surface area contributed by atoms with Crippen LogP contribution in [-0.2, 0) is 4.79 Å². The number of rotatable bonds is 4. The van der Waals surface area contributed by atoms with Gasteiger partial charge >= 0.3 is 0 Å². The molecule has 1 aliphatic rings. The van der Waals surface area contributed by atoms with Crippen LogP contribution in [0.25, 0.3) is 0 Å². The highest BCUT2D eigenvalue weighted by Crippen LogP contribution is 2.25. The lowest BCUT2D eigenvalue weighted by Gasteiger charge is -2.42. The summed E-state index contributed by atoms with van der Waals surface area (Å²) in [7, 11) is 0. The van der Waals surface area contributed by atoms with Crippen molar-refractivity contribution in [2.75, 3.05) is 19.0 Å². The monoisotopic (exact) mass is 293 g/mol. The Kier molecular flexibility index (Phi) is 4.15. The largest absolute Gasteiger partial charge is 0.471 e. The number of amides is 1. The van der Waals surface area contributed by atoms with E-state index in [1.165, 1.54) is 6.20 Å². The quantitative estimate of drug-likeness (QED) is 0.794. The van der Waals surface area contributed by atoms with Crippen molar-refractivity contribution in [2.24, 2.45) is 5.41 Å². The number of hydrogen-bond donors (Lipinski definition) is 0. The summed E-state index contributed by atoms with van der Waals surface area (Å²) in [5.74, 6) is 0.739. The molecule has 2 rings (SSSR count). The van der Waals surface area contributed by atoms with E-state index in [0.29, 0.717) is 30.4 Å². The molecule has 1 amide bonds. The first-order valence-corrected chi connectivity index (χ1v) is 6.88. The van der Waals surface area contributed by atoms with Gasteiger partial charge in [-0.1, -0.05) is 0 Å². The number of ether oxygens (including phenoxy) is 1. The van der Waals surface area contributed by atoms with E-state index in [0.717, 1.165) is 0 Å². The molecule has 0 bridgehead atoms. The van der Waals surface area contributed by atoms with Gasteiger partial charge < -0.3 is 9.64 Å². The van der Waals surface area contributed by atoms with E-state index >= 15 is 0 Å². The first-order chi connectivity index (χ1) is 9.46. The molecule has 5 nitrogen and oxygen atoms in total. The minimum Gasteiger partial charge on any atom is -0.471 e. The maximum absolute atomic E-state index is 12.1. The van der Waals surface area contributed by atoms with Crippen LogP contribution in [0.5, 0.6) is 5.88 Å². The van der Waals surface area contributed by atoms with Crippen molar-refractivity contribution in [2.45, 2.75) is 20.0 Å². The molecule has 1 fully saturated rings. The minimum absolute atomic E-state index is 0.0334. The van der Waals surface area contributed by atoms with Gasteiger partial charge in [-0.15, -0.1) is 11.6 Å². The standard InChI is InChI=1S/C14H16ClN3O2/c1-14(2,9-15)13(19)18-7-11(8-18)20-12-5-10(6-16)3-4-17-12/h3-5,11H,7-9H2,1-2H3. The molecular weight excluding hydrogens is 278 g/mol. The van der Waals surface area contributed by atoms with E-state index < -0.39 is 5.41 Å². The fourth-order valence-electron chi connectivity index (χ4n) is 1.88. The van der Waals surface area contributed by atoms with E-state index in [-0.39, 0.29) is 12.0 Å². The normalized spacial score (nSPS) is 15.4. The van der Waals surface area contributed by atoms with Crippen LogP contribution in [0.4, 0.5) is 0 Å². The van der Waals surface area contributed by atoms with Crippen LogP contribution in [0, 0.1) is 16.7 Å². The Labute approximate surface area is 123 Å². The number of likely N-dealkylation sites (tertiary alicyclic amines) is 1. The first kappa shape index (κ1) is 14.6. The Morgan fingerprint density at radius 2 is 2.35 bits per heavy atom. The average Bonchev–Trinajstić information content (AvgIpc) is 2.41. The third-order valence-electron chi connectivity index (χ3n) is 3.20. The fourth-order valence-corrected chi connectivity index (χ4v) is 1.99. The molecule has 0 aromatic carbocycles. The Hall–Kier alpha value is -1.80. The number of carbonyl (C=O) groups excluding carboxylic acids is 1. The van der Waals surface area contributed by atoms with E-state index in [2.05, 4.69) is 4.98 Å². The Balaban J connectivity index is 1.88. The Bertz CT molecular complexity index is 548. The van der Waals surface area contributed by atoms with Crippen molar-refractivity contribution in [1.29, 1.82) is 5.26 Å². The second-order valence-electron chi connectivity index (χ2n) is 5.46. The van der Waals surface area contributed by atoms with Crippen LogP contribution < -0.4 is 4.74 Å². The van der Waals surface area contributed by atoms with Gasteiger partial charge in [-0.25, -0.2) is 4.98 Å². The van der Waals surface area contributed by atoms with Gasteiger partial charge in [0.25, 0.3) is 0 Å². The smallest absolute Gasteiger partial charge is 0.229 e. The highest BCUT2D eigenvalue weighted by Gasteiger charge is 2.39. The minimum atomic E-state index is -0.550. The number of hydrogen-bond acceptors (Lipinski definition) is 4. The number of halogens is 1. The summed E-state index contributed by atoms with van der Waals surface area (Å²) in [6.45, 7) is 4.71. The summed E-state index contributed by atoms with van der Waals surface area (Å²) in [6.07, 6.45) is 1.46. The zero-order chi connectivity index (χ0) is 14.8. The number of nitriles is 1. The predicted octanol–water partition coefficient (Wildman–Crippen LogP) is 1.81. The van der Waals surface area contributed by atoms with Crippen LogP contribution in [0.2, 0.25) is 0 Å². The molecular formula is C14H16ClN3O2. The second kappa shape index (κ2) is 5.68. The summed E-state index contributed by atoms with van der Waals surface area (Å²) < 4.78 is 5.63. The SMILES string of the molecule is CC(C)(CCl)C(=O)N1CC(Oc2cc(C#N)ccn2)C1. The maximum atomic E-state index is 12.1. The molecule has 20 heavy (non-hydrogen) atoms. The van der Waals surface area contributed by atoms with Crippen LogP contribution >= 0.6 is 11.6 Å². The molecule has 0 atom stereocenters. The van der Waals surface area contributed by atoms with Gasteiger partial charge in [0.05, 0.1) is 30.1 Å². The second-order valence-corrected chi connectivity index (χ2v) is 5.73. The van der Waals surface area contributed by atoms with Crippen molar-refractivity contribution < 1.29 is 9.53 Å². The fraction of sp³-hybridized carbons (Fsp3) is 0.500. The number of pyridine rings is 1. The Morgan fingerprint density at radius 1 is 1.65 bits per heavy atom. The number of carbonyl (C=O) groups is 1. The van der Waals surface area contributed by atoms with E-state index in [4.69, 9.17) is 21.6 Å². The van der Waals surface area contributed by atoms with Crippen LogP contribution in [0.3, 0.4) is 0 Å². The third kappa shape index (κ3) is 3.02. The summed E-state index contributed by atoms with van der Waals surface area (Å²) >= 11 is 5.79. The lowest BCUT2D eigenvalue weighted by atomic mass is 9.92. The molecule has 6 heteroatoms. The molecule has 2 heterocycles. The summed E-state index contributed by atoms with van der Waals surface area (Å²) in [4.78, 5) is 17.9. The molecule has 0 aliphatic carbocycles. The van der Waals surface area contributed by atoms with Gasteiger partial charge in [-0.2, -0.15) is 5.26 Å². The molecule has 0 spiro atoms.